The first kappa shape index (κ1) is 14.6. The smallest absolute Gasteiger partial charge is 0.266 e. The topological polar surface area (TPSA) is 72.2 Å². The molecule has 0 aliphatic carbocycles. The fraction of sp³-hybridized carbons (Fsp3) is 0.0769. The molecule has 0 aromatic heterocycles. The van der Waals surface area contributed by atoms with E-state index in [2.05, 4.69) is 4.72 Å². The molecular formula is C13H12ClFN2O2S. The van der Waals surface area contributed by atoms with Gasteiger partial charge in [0.2, 0.25) is 0 Å². The Balaban J connectivity index is 2.46. The molecule has 0 saturated heterocycles. The van der Waals surface area contributed by atoms with Crippen LogP contribution >= 0.6 is 11.6 Å². The summed E-state index contributed by atoms with van der Waals surface area (Å²) in [6.07, 6.45) is 0. The molecule has 4 nitrogen and oxygen atoms in total. The lowest BCUT2D eigenvalue weighted by molar-refractivity contribution is 0.572. The molecule has 0 heterocycles. The van der Waals surface area contributed by atoms with E-state index in [0.29, 0.717) is 0 Å². The molecular weight excluding hydrogens is 303 g/mol. The second-order valence-corrected chi connectivity index (χ2v) is 6.27. The number of rotatable bonds is 3. The molecule has 2 aromatic carbocycles. The fourth-order valence-corrected chi connectivity index (χ4v) is 3.32. The van der Waals surface area contributed by atoms with Gasteiger partial charge in [-0.1, -0.05) is 23.7 Å². The minimum atomic E-state index is -4.14. The summed E-state index contributed by atoms with van der Waals surface area (Å²) in [6.45, 7) is 1.82. The molecule has 0 amide bonds. The van der Waals surface area contributed by atoms with Gasteiger partial charge in [-0.05, 0) is 36.8 Å². The highest BCUT2D eigenvalue weighted by atomic mass is 35.5. The molecule has 0 aliphatic rings. The molecule has 2 rings (SSSR count). The SMILES string of the molecule is Cc1ccc(NS(=O)(=O)c2c(N)cccc2F)c(Cl)c1. The first-order valence-electron chi connectivity index (χ1n) is 5.64. The largest absolute Gasteiger partial charge is 0.398 e. The second kappa shape index (κ2) is 5.30. The maximum Gasteiger partial charge on any atom is 0.266 e. The zero-order valence-corrected chi connectivity index (χ0v) is 12.1. The van der Waals surface area contributed by atoms with E-state index in [4.69, 9.17) is 17.3 Å². The van der Waals surface area contributed by atoms with Gasteiger partial charge in [0, 0.05) is 0 Å². The number of hydrogen-bond donors (Lipinski definition) is 2. The monoisotopic (exact) mass is 314 g/mol. The minimum Gasteiger partial charge on any atom is -0.398 e. The van der Waals surface area contributed by atoms with Gasteiger partial charge in [0.1, 0.15) is 10.7 Å². The number of nitrogens with one attached hydrogen (secondary N) is 1. The molecule has 0 fully saturated rings. The predicted molar refractivity (Wildman–Crippen MR) is 77.8 cm³/mol. The van der Waals surface area contributed by atoms with Crippen LogP contribution in [0.1, 0.15) is 5.56 Å². The Morgan fingerprint density at radius 2 is 1.95 bits per heavy atom. The number of hydrogen-bond acceptors (Lipinski definition) is 3. The molecule has 0 atom stereocenters. The van der Waals surface area contributed by atoms with Crippen molar-refractivity contribution in [1.29, 1.82) is 0 Å². The van der Waals surface area contributed by atoms with Gasteiger partial charge >= 0.3 is 0 Å². The van der Waals surface area contributed by atoms with Crippen molar-refractivity contribution in [3.8, 4) is 0 Å². The average molecular weight is 315 g/mol. The Bertz CT molecular complexity index is 743. The summed E-state index contributed by atoms with van der Waals surface area (Å²) in [6, 6.07) is 8.48. The van der Waals surface area contributed by atoms with Crippen molar-refractivity contribution < 1.29 is 12.8 Å². The van der Waals surface area contributed by atoms with Crippen LogP contribution in [0.2, 0.25) is 5.02 Å². The van der Waals surface area contributed by atoms with E-state index in [0.717, 1.165) is 11.6 Å². The Morgan fingerprint density at radius 3 is 2.55 bits per heavy atom. The predicted octanol–water partition coefficient (Wildman–Crippen LogP) is 3.17. The van der Waals surface area contributed by atoms with Crippen LogP contribution in [-0.4, -0.2) is 8.42 Å². The number of aryl methyl sites for hydroxylation is 1. The van der Waals surface area contributed by atoms with Crippen molar-refractivity contribution in [1.82, 2.24) is 0 Å². The lowest BCUT2D eigenvalue weighted by Gasteiger charge is -2.12. The molecule has 0 saturated carbocycles. The molecule has 20 heavy (non-hydrogen) atoms. The van der Waals surface area contributed by atoms with Gasteiger partial charge < -0.3 is 5.73 Å². The van der Waals surface area contributed by atoms with Gasteiger partial charge in [0.15, 0.2) is 0 Å². The summed E-state index contributed by atoms with van der Waals surface area (Å²) in [4.78, 5) is -0.586. The third-order valence-corrected chi connectivity index (χ3v) is 4.40. The molecule has 2 aromatic rings. The lowest BCUT2D eigenvalue weighted by atomic mass is 10.2. The van der Waals surface area contributed by atoms with E-state index in [1.807, 2.05) is 6.92 Å². The third kappa shape index (κ3) is 2.86. The van der Waals surface area contributed by atoms with E-state index in [1.165, 1.54) is 18.2 Å². The summed E-state index contributed by atoms with van der Waals surface area (Å²) >= 11 is 5.95. The molecule has 0 spiro atoms. The van der Waals surface area contributed by atoms with Crippen molar-refractivity contribution in [2.24, 2.45) is 0 Å². The van der Waals surface area contributed by atoms with Crippen LogP contribution in [0.3, 0.4) is 0 Å². The van der Waals surface area contributed by atoms with Gasteiger partial charge in [-0.2, -0.15) is 0 Å². The van der Waals surface area contributed by atoms with E-state index in [1.54, 1.807) is 12.1 Å². The highest BCUT2D eigenvalue weighted by Crippen LogP contribution is 2.28. The Labute approximate surface area is 121 Å². The number of nitrogens with two attached hydrogens (primary N) is 1. The van der Waals surface area contributed by atoms with Gasteiger partial charge in [0.05, 0.1) is 16.4 Å². The normalized spacial score (nSPS) is 11.3. The second-order valence-electron chi connectivity index (χ2n) is 4.25. The van der Waals surface area contributed by atoms with Crippen LogP contribution in [0, 0.1) is 12.7 Å². The van der Waals surface area contributed by atoms with Crippen LogP contribution in [-0.2, 0) is 10.0 Å². The van der Waals surface area contributed by atoms with Crippen LogP contribution in [0.25, 0.3) is 0 Å². The quantitative estimate of drug-likeness (QED) is 0.855. The number of anilines is 2. The maximum atomic E-state index is 13.7. The number of nitrogen functional groups attached to an aromatic ring is 1. The number of benzene rings is 2. The van der Waals surface area contributed by atoms with Crippen molar-refractivity contribution in [2.75, 3.05) is 10.5 Å². The van der Waals surface area contributed by atoms with Crippen molar-refractivity contribution in [3.05, 3.63) is 52.8 Å². The van der Waals surface area contributed by atoms with Gasteiger partial charge in [-0.25, -0.2) is 12.8 Å². The Kier molecular flexibility index (Phi) is 3.87. The van der Waals surface area contributed by atoms with Gasteiger partial charge in [-0.3, -0.25) is 4.72 Å². The first-order chi connectivity index (χ1) is 9.31. The van der Waals surface area contributed by atoms with Crippen LogP contribution in [0.5, 0.6) is 0 Å². The van der Waals surface area contributed by atoms with E-state index >= 15 is 0 Å². The highest BCUT2D eigenvalue weighted by molar-refractivity contribution is 7.93. The van der Waals surface area contributed by atoms with Gasteiger partial charge in [0.25, 0.3) is 10.0 Å². The number of halogens is 2. The van der Waals surface area contributed by atoms with Crippen molar-refractivity contribution in [2.45, 2.75) is 11.8 Å². The van der Waals surface area contributed by atoms with E-state index < -0.39 is 20.7 Å². The fourth-order valence-electron chi connectivity index (χ4n) is 1.71. The molecule has 3 N–H and O–H groups in total. The van der Waals surface area contributed by atoms with Gasteiger partial charge in [-0.15, -0.1) is 0 Å². The molecule has 0 radical (unpaired) electrons. The first-order valence-corrected chi connectivity index (χ1v) is 7.50. The zero-order chi connectivity index (χ0) is 14.9. The number of sulfonamides is 1. The van der Waals surface area contributed by atoms with Crippen LogP contribution < -0.4 is 10.5 Å². The summed E-state index contributed by atoms with van der Waals surface area (Å²) in [5.74, 6) is -0.916. The molecule has 0 aliphatic heterocycles. The van der Waals surface area contributed by atoms with E-state index in [9.17, 15) is 12.8 Å². The molecule has 106 valence electrons. The van der Waals surface area contributed by atoms with Crippen molar-refractivity contribution in [3.63, 3.8) is 0 Å². The molecule has 0 unspecified atom stereocenters. The summed E-state index contributed by atoms with van der Waals surface area (Å²) in [5, 5.41) is 0.225. The Hall–Kier alpha value is -1.79. The minimum absolute atomic E-state index is 0.166. The summed E-state index contributed by atoms with van der Waals surface area (Å²) < 4.78 is 40.3. The lowest BCUT2D eigenvalue weighted by Crippen LogP contribution is -2.16. The Morgan fingerprint density at radius 1 is 1.25 bits per heavy atom. The molecule has 7 heteroatoms. The van der Waals surface area contributed by atoms with Crippen LogP contribution in [0.4, 0.5) is 15.8 Å². The van der Waals surface area contributed by atoms with E-state index in [-0.39, 0.29) is 16.4 Å². The highest BCUT2D eigenvalue weighted by Gasteiger charge is 2.23. The average Bonchev–Trinajstić information content (AvgIpc) is 2.32. The van der Waals surface area contributed by atoms with Crippen molar-refractivity contribution >= 4 is 33.0 Å². The summed E-state index contributed by atoms with van der Waals surface area (Å²) in [7, 11) is -4.14. The summed E-state index contributed by atoms with van der Waals surface area (Å²) in [5.41, 5.74) is 6.41. The maximum absolute atomic E-state index is 13.7. The third-order valence-electron chi connectivity index (χ3n) is 2.64. The molecule has 0 bridgehead atoms. The standard InChI is InChI=1S/C13H12ClFN2O2S/c1-8-5-6-12(9(14)7-8)17-20(18,19)13-10(15)3-2-4-11(13)16/h2-7,17H,16H2,1H3. The van der Waals surface area contributed by atoms with Crippen LogP contribution in [0.15, 0.2) is 41.3 Å². The zero-order valence-electron chi connectivity index (χ0n) is 10.5.